The Labute approximate surface area is 191 Å². The van der Waals surface area contributed by atoms with Gasteiger partial charge in [0.1, 0.15) is 11.5 Å². The van der Waals surface area contributed by atoms with E-state index in [0.29, 0.717) is 54.8 Å². The van der Waals surface area contributed by atoms with E-state index in [0.717, 1.165) is 0 Å². The molecule has 9 heteroatoms. The molecule has 33 heavy (non-hydrogen) atoms. The van der Waals surface area contributed by atoms with Gasteiger partial charge in [0.2, 0.25) is 5.91 Å². The van der Waals surface area contributed by atoms with Crippen LogP contribution in [0.4, 0.5) is 15.9 Å². The molecule has 1 aromatic heterocycles. The van der Waals surface area contributed by atoms with Gasteiger partial charge >= 0.3 is 0 Å². The topological polar surface area (TPSA) is 85.8 Å². The van der Waals surface area contributed by atoms with Crippen LogP contribution in [0.2, 0.25) is 0 Å². The Hall–Kier alpha value is -3.88. The lowest BCUT2D eigenvalue weighted by Crippen LogP contribution is -2.38. The van der Waals surface area contributed by atoms with Crippen molar-refractivity contribution in [3.63, 3.8) is 0 Å². The van der Waals surface area contributed by atoms with Crippen LogP contribution in [0.25, 0.3) is 0 Å². The standard InChI is InChI=1S/C24H25FN4O4/c1-31-18-4-3-5-19(15-18)33-24-22(26-10-11-27-24)29-12-8-16(9-13-29)23(30)28-17-6-7-21(32-2)20(25)14-17/h3-7,10-11,14-16H,8-9,12-13H2,1-2H3,(H,28,30). The molecule has 1 fully saturated rings. The van der Waals surface area contributed by atoms with E-state index in [9.17, 15) is 9.18 Å². The van der Waals surface area contributed by atoms with Gasteiger partial charge in [-0.1, -0.05) is 6.07 Å². The number of methoxy groups -OCH3 is 2. The van der Waals surface area contributed by atoms with E-state index >= 15 is 0 Å². The summed E-state index contributed by atoms with van der Waals surface area (Å²) >= 11 is 0. The van der Waals surface area contributed by atoms with Crippen LogP contribution in [0.15, 0.2) is 54.9 Å². The fourth-order valence-electron chi connectivity index (χ4n) is 3.73. The molecule has 1 aliphatic rings. The van der Waals surface area contributed by atoms with Crippen LogP contribution in [0.1, 0.15) is 12.8 Å². The van der Waals surface area contributed by atoms with Crippen molar-refractivity contribution in [3.05, 3.63) is 60.7 Å². The molecule has 1 N–H and O–H groups in total. The van der Waals surface area contributed by atoms with E-state index in [1.54, 1.807) is 31.6 Å². The molecule has 2 heterocycles. The first-order valence-corrected chi connectivity index (χ1v) is 10.6. The Bertz CT molecular complexity index is 1120. The molecule has 172 valence electrons. The first-order chi connectivity index (χ1) is 16.1. The molecule has 0 aliphatic carbocycles. The van der Waals surface area contributed by atoms with E-state index in [-0.39, 0.29) is 17.6 Å². The molecule has 1 saturated heterocycles. The fourth-order valence-corrected chi connectivity index (χ4v) is 3.73. The number of hydrogen-bond donors (Lipinski definition) is 1. The number of ether oxygens (including phenoxy) is 3. The smallest absolute Gasteiger partial charge is 0.263 e. The maximum atomic E-state index is 13.9. The number of hydrogen-bond acceptors (Lipinski definition) is 7. The van der Waals surface area contributed by atoms with Crippen molar-refractivity contribution < 1.29 is 23.4 Å². The highest BCUT2D eigenvalue weighted by molar-refractivity contribution is 5.92. The van der Waals surface area contributed by atoms with Crippen molar-refractivity contribution in [2.45, 2.75) is 12.8 Å². The predicted molar refractivity (Wildman–Crippen MR) is 122 cm³/mol. The largest absolute Gasteiger partial charge is 0.497 e. The number of anilines is 2. The number of carbonyl (C=O) groups is 1. The summed E-state index contributed by atoms with van der Waals surface area (Å²) in [4.78, 5) is 23.6. The molecule has 0 atom stereocenters. The monoisotopic (exact) mass is 452 g/mol. The summed E-state index contributed by atoms with van der Waals surface area (Å²) in [5.41, 5.74) is 0.406. The van der Waals surface area contributed by atoms with Gasteiger partial charge < -0.3 is 24.4 Å². The summed E-state index contributed by atoms with van der Waals surface area (Å²) in [6.07, 6.45) is 4.44. The Morgan fingerprint density at radius 2 is 1.79 bits per heavy atom. The second-order valence-corrected chi connectivity index (χ2v) is 7.57. The van der Waals surface area contributed by atoms with Crippen LogP contribution >= 0.6 is 0 Å². The zero-order valence-corrected chi connectivity index (χ0v) is 18.5. The van der Waals surface area contributed by atoms with Gasteiger partial charge in [0.05, 0.1) is 14.2 Å². The number of piperidine rings is 1. The first kappa shape index (κ1) is 22.3. The molecular formula is C24H25FN4O4. The molecule has 3 aromatic rings. The van der Waals surface area contributed by atoms with E-state index in [4.69, 9.17) is 14.2 Å². The number of aromatic nitrogens is 2. The Morgan fingerprint density at radius 1 is 1.03 bits per heavy atom. The van der Waals surface area contributed by atoms with Gasteiger partial charge in [-0.25, -0.2) is 14.4 Å². The minimum absolute atomic E-state index is 0.133. The SMILES string of the molecule is COc1cccc(Oc2nccnc2N2CCC(C(=O)Nc3ccc(OC)c(F)c3)CC2)c1. The third-order valence-electron chi connectivity index (χ3n) is 5.49. The van der Waals surface area contributed by atoms with E-state index in [2.05, 4.69) is 20.2 Å². The third kappa shape index (κ3) is 5.31. The number of nitrogens with one attached hydrogen (secondary N) is 1. The average molecular weight is 452 g/mol. The number of amides is 1. The number of halogens is 1. The third-order valence-corrected chi connectivity index (χ3v) is 5.49. The minimum atomic E-state index is -0.517. The molecule has 0 bridgehead atoms. The summed E-state index contributed by atoms with van der Waals surface area (Å²) in [5.74, 6) is 1.59. The zero-order valence-electron chi connectivity index (χ0n) is 18.5. The quantitative estimate of drug-likeness (QED) is 0.573. The number of rotatable bonds is 7. The zero-order chi connectivity index (χ0) is 23.2. The number of nitrogens with zero attached hydrogens (tertiary/aromatic N) is 3. The number of carbonyl (C=O) groups excluding carboxylic acids is 1. The van der Waals surface area contributed by atoms with Gasteiger partial charge in [0.25, 0.3) is 5.88 Å². The van der Waals surface area contributed by atoms with Crippen LogP contribution in [0, 0.1) is 11.7 Å². The van der Waals surface area contributed by atoms with Crippen LogP contribution < -0.4 is 24.4 Å². The van der Waals surface area contributed by atoms with Gasteiger partial charge in [-0.15, -0.1) is 0 Å². The normalized spacial score (nSPS) is 14.0. The molecule has 1 amide bonds. The molecule has 4 rings (SSSR count). The van der Waals surface area contributed by atoms with Crippen LogP contribution in [-0.2, 0) is 4.79 Å². The molecule has 0 spiro atoms. The Kier molecular flexibility index (Phi) is 6.87. The molecule has 2 aromatic carbocycles. The van der Waals surface area contributed by atoms with Gasteiger partial charge in [-0.05, 0) is 37.1 Å². The predicted octanol–water partition coefficient (Wildman–Crippen LogP) is 4.28. The molecular weight excluding hydrogens is 427 g/mol. The lowest BCUT2D eigenvalue weighted by molar-refractivity contribution is -0.120. The maximum Gasteiger partial charge on any atom is 0.263 e. The molecule has 1 aliphatic heterocycles. The first-order valence-electron chi connectivity index (χ1n) is 10.6. The van der Waals surface area contributed by atoms with Crippen molar-refractivity contribution in [1.82, 2.24) is 9.97 Å². The molecule has 8 nitrogen and oxygen atoms in total. The fraction of sp³-hybridized carbons (Fsp3) is 0.292. The van der Waals surface area contributed by atoms with Crippen molar-refractivity contribution in [2.75, 3.05) is 37.5 Å². The van der Waals surface area contributed by atoms with Gasteiger partial charge in [-0.3, -0.25) is 4.79 Å². The van der Waals surface area contributed by atoms with Crippen molar-refractivity contribution >= 4 is 17.4 Å². The lowest BCUT2D eigenvalue weighted by Gasteiger charge is -2.32. The second-order valence-electron chi connectivity index (χ2n) is 7.57. The van der Waals surface area contributed by atoms with Crippen LogP contribution in [-0.4, -0.2) is 43.2 Å². The molecule has 0 saturated carbocycles. The second kappa shape index (κ2) is 10.2. The minimum Gasteiger partial charge on any atom is -0.497 e. The highest BCUT2D eigenvalue weighted by Gasteiger charge is 2.27. The maximum absolute atomic E-state index is 13.9. The van der Waals surface area contributed by atoms with Gasteiger partial charge in [-0.2, -0.15) is 0 Å². The Balaban J connectivity index is 1.39. The van der Waals surface area contributed by atoms with Crippen molar-refractivity contribution in [1.29, 1.82) is 0 Å². The highest BCUT2D eigenvalue weighted by Crippen LogP contribution is 2.32. The van der Waals surface area contributed by atoms with Gasteiger partial charge in [0.15, 0.2) is 17.4 Å². The summed E-state index contributed by atoms with van der Waals surface area (Å²) in [5, 5.41) is 2.80. The van der Waals surface area contributed by atoms with E-state index in [1.807, 2.05) is 18.2 Å². The van der Waals surface area contributed by atoms with Crippen molar-refractivity contribution in [3.8, 4) is 23.1 Å². The van der Waals surface area contributed by atoms with Crippen LogP contribution in [0.3, 0.4) is 0 Å². The van der Waals surface area contributed by atoms with E-state index in [1.165, 1.54) is 19.2 Å². The van der Waals surface area contributed by atoms with Crippen LogP contribution in [0.5, 0.6) is 23.1 Å². The molecule has 0 radical (unpaired) electrons. The van der Waals surface area contributed by atoms with E-state index < -0.39 is 5.82 Å². The molecule has 0 unspecified atom stereocenters. The van der Waals surface area contributed by atoms with Gasteiger partial charge in [0, 0.05) is 49.2 Å². The summed E-state index contributed by atoms with van der Waals surface area (Å²) in [7, 11) is 2.99. The van der Waals surface area contributed by atoms with Crippen molar-refractivity contribution in [2.24, 2.45) is 5.92 Å². The average Bonchev–Trinajstić information content (AvgIpc) is 2.85. The number of benzene rings is 2. The summed E-state index contributed by atoms with van der Waals surface area (Å²) in [6, 6.07) is 11.6. The Morgan fingerprint density at radius 3 is 2.52 bits per heavy atom. The lowest BCUT2D eigenvalue weighted by atomic mass is 9.96. The highest BCUT2D eigenvalue weighted by atomic mass is 19.1. The summed E-state index contributed by atoms with van der Waals surface area (Å²) in [6.45, 7) is 1.23. The summed E-state index contributed by atoms with van der Waals surface area (Å²) < 4.78 is 30.0.